The third-order valence-electron chi connectivity index (χ3n) is 7.99. The van der Waals surface area contributed by atoms with E-state index >= 15 is 0 Å². The van der Waals surface area contributed by atoms with Gasteiger partial charge in [0.2, 0.25) is 0 Å². The average molecular weight is 517 g/mol. The van der Waals surface area contributed by atoms with Crippen molar-refractivity contribution in [2.24, 2.45) is 0 Å². The Bertz CT molecular complexity index is 1500. The maximum absolute atomic E-state index is 13.3. The summed E-state index contributed by atoms with van der Waals surface area (Å²) in [7, 11) is 0. The lowest BCUT2D eigenvalue weighted by atomic mass is 10.1. The average Bonchev–Trinajstić information content (AvgIpc) is 3.57. The Morgan fingerprint density at radius 3 is 2.36 bits per heavy atom. The molecule has 4 aromatic carbocycles. The van der Waals surface area contributed by atoms with Gasteiger partial charge in [0.05, 0.1) is 17.9 Å². The minimum absolute atomic E-state index is 0.0444. The topological polar surface area (TPSA) is 56.8 Å². The van der Waals surface area contributed by atoms with Gasteiger partial charge < -0.3 is 25.2 Å². The molecule has 6 nitrogen and oxygen atoms in total. The summed E-state index contributed by atoms with van der Waals surface area (Å²) in [6.07, 6.45) is 3.75. The first-order chi connectivity index (χ1) is 19.2. The van der Waals surface area contributed by atoms with Crippen LogP contribution in [0, 0.1) is 0 Å². The molecular weight excluding hydrogens is 484 g/mol. The number of piperidine rings is 1. The van der Waals surface area contributed by atoms with Crippen molar-refractivity contribution >= 4 is 28.7 Å². The molecule has 1 amide bonds. The van der Waals surface area contributed by atoms with E-state index in [1.165, 1.54) is 24.9 Å². The normalized spacial score (nSPS) is 17.8. The van der Waals surface area contributed by atoms with Crippen LogP contribution in [0.15, 0.2) is 91.0 Å². The van der Waals surface area contributed by atoms with Gasteiger partial charge in [-0.05, 0) is 84.5 Å². The molecule has 3 aliphatic heterocycles. The number of ether oxygens (including phenoxy) is 1. The molecule has 3 heterocycles. The second-order valence-electron chi connectivity index (χ2n) is 10.6. The first kappa shape index (κ1) is 23.7. The molecule has 1 fully saturated rings. The van der Waals surface area contributed by atoms with Gasteiger partial charge in [-0.2, -0.15) is 0 Å². The predicted molar refractivity (Wildman–Crippen MR) is 157 cm³/mol. The largest absolute Gasteiger partial charge is 0.489 e. The Balaban J connectivity index is 1.02. The van der Waals surface area contributed by atoms with Gasteiger partial charge in [-0.1, -0.05) is 42.5 Å². The summed E-state index contributed by atoms with van der Waals surface area (Å²) in [6.45, 7) is 3.36. The van der Waals surface area contributed by atoms with Crippen LogP contribution in [0.25, 0.3) is 0 Å². The van der Waals surface area contributed by atoms with Crippen LogP contribution in [0.1, 0.15) is 52.5 Å². The molecule has 39 heavy (non-hydrogen) atoms. The molecule has 0 aliphatic carbocycles. The number of carbonyl (C=O) groups excluding carboxylic acids is 1. The second kappa shape index (κ2) is 10.0. The Kier molecular flexibility index (Phi) is 6.08. The van der Waals surface area contributed by atoms with Crippen molar-refractivity contribution in [3.8, 4) is 5.75 Å². The van der Waals surface area contributed by atoms with Crippen LogP contribution in [0.3, 0.4) is 0 Å². The zero-order chi connectivity index (χ0) is 26.2. The first-order valence-corrected chi connectivity index (χ1v) is 13.8. The number of amides is 1. The van der Waals surface area contributed by atoms with E-state index in [-0.39, 0.29) is 12.1 Å². The van der Waals surface area contributed by atoms with Gasteiger partial charge in [-0.3, -0.25) is 4.79 Å². The molecule has 1 atom stereocenters. The summed E-state index contributed by atoms with van der Waals surface area (Å²) >= 11 is 0. The van der Waals surface area contributed by atoms with E-state index in [4.69, 9.17) is 4.74 Å². The van der Waals surface area contributed by atoms with E-state index in [9.17, 15) is 4.79 Å². The van der Waals surface area contributed by atoms with Crippen LogP contribution >= 0.6 is 0 Å². The quantitative estimate of drug-likeness (QED) is 0.290. The van der Waals surface area contributed by atoms with E-state index in [1.54, 1.807) is 0 Å². The zero-order valence-corrected chi connectivity index (χ0v) is 21.9. The molecule has 196 valence electrons. The molecule has 3 aliphatic rings. The predicted octanol–water partition coefficient (Wildman–Crippen LogP) is 6.95. The molecule has 0 spiro atoms. The Hall–Kier alpha value is -4.45. The van der Waals surface area contributed by atoms with E-state index in [0.717, 1.165) is 58.2 Å². The number of anilines is 4. The van der Waals surface area contributed by atoms with Gasteiger partial charge in [0.1, 0.15) is 18.5 Å². The number of benzene rings is 4. The molecule has 0 saturated carbocycles. The molecular formula is C33H32N4O2. The number of hydrogen-bond donors (Lipinski definition) is 2. The molecule has 1 saturated heterocycles. The van der Waals surface area contributed by atoms with Crippen molar-refractivity contribution in [1.82, 2.24) is 0 Å². The first-order valence-electron chi connectivity index (χ1n) is 13.8. The van der Waals surface area contributed by atoms with E-state index < -0.39 is 0 Å². The standard InChI is InChI=1S/C33H32N4O2/c38-33-29-15-11-26(36-17-5-2-6-18-36)19-25(29)21-37(33)27-12-16-30-31(20-27)35-32(34-30)24-9-13-28(14-10-24)39-22-23-7-3-1-4-8-23/h1,3-4,7-16,19-20,32,34-35H,2,5-6,17-18,21-22H2. The molecule has 4 aromatic rings. The maximum Gasteiger partial charge on any atom is 0.258 e. The minimum atomic E-state index is -0.0444. The second-order valence-corrected chi connectivity index (χ2v) is 10.6. The van der Waals surface area contributed by atoms with Gasteiger partial charge in [-0.25, -0.2) is 0 Å². The molecule has 1 unspecified atom stereocenters. The summed E-state index contributed by atoms with van der Waals surface area (Å²) in [4.78, 5) is 17.6. The number of fused-ring (bicyclic) bond motifs is 2. The Labute approximate surface area is 229 Å². The number of rotatable bonds is 6. The van der Waals surface area contributed by atoms with Crippen LogP contribution in [0.5, 0.6) is 5.75 Å². The molecule has 0 radical (unpaired) electrons. The van der Waals surface area contributed by atoms with Crippen molar-refractivity contribution in [1.29, 1.82) is 0 Å². The fourth-order valence-corrected chi connectivity index (χ4v) is 5.82. The highest BCUT2D eigenvalue weighted by atomic mass is 16.5. The number of nitrogens with zero attached hydrogens (tertiary/aromatic N) is 2. The monoisotopic (exact) mass is 516 g/mol. The van der Waals surface area contributed by atoms with Crippen LogP contribution in [-0.4, -0.2) is 19.0 Å². The fraction of sp³-hybridized carbons (Fsp3) is 0.242. The summed E-state index contributed by atoms with van der Waals surface area (Å²) in [5.41, 5.74) is 8.38. The van der Waals surface area contributed by atoms with Gasteiger partial charge >= 0.3 is 0 Å². The summed E-state index contributed by atoms with van der Waals surface area (Å²) < 4.78 is 5.94. The van der Waals surface area contributed by atoms with Crippen LogP contribution in [0.2, 0.25) is 0 Å². The van der Waals surface area contributed by atoms with Gasteiger partial charge in [0.15, 0.2) is 0 Å². The molecule has 7 rings (SSSR count). The maximum atomic E-state index is 13.3. The lowest BCUT2D eigenvalue weighted by molar-refractivity contribution is 0.0996. The van der Waals surface area contributed by atoms with Gasteiger partial charge in [0, 0.05) is 30.0 Å². The Morgan fingerprint density at radius 2 is 1.54 bits per heavy atom. The molecule has 2 N–H and O–H groups in total. The van der Waals surface area contributed by atoms with Crippen molar-refractivity contribution in [3.63, 3.8) is 0 Å². The lowest BCUT2D eigenvalue weighted by Gasteiger charge is -2.29. The third-order valence-corrected chi connectivity index (χ3v) is 7.99. The molecule has 6 heteroatoms. The van der Waals surface area contributed by atoms with Crippen molar-refractivity contribution < 1.29 is 9.53 Å². The summed E-state index contributed by atoms with van der Waals surface area (Å²) in [5.74, 6) is 0.916. The minimum Gasteiger partial charge on any atom is -0.489 e. The highest BCUT2D eigenvalue weighted by molar-refractivity contribution is 6.10. The van der Waals surface area contributed by atoms with E-state index in [2.05, 4.69) is 64.1 Å². The van der Waals surface area contributed by atoms with Gasteiger partial charge in [-0.15, -0.1) is 0 Å². The number of carbonyl (C=O) groups is 1. The third kappa shape index (κ3) is 4.67. The lowest BCUT2D eigenvalue weighted by Crippen LogP contribution is -2.29. The van der Waals surface area contributed by atoms with Crippen LogP contribution in [0.4, 0.5) is 22.7 Å². The Morgan fingerprint density at radius 1 is 0.769 bits per heavy atom. The van der Waals surface area contributed by atoms with E-state index in [0.29, 0.717) is 13.2 Å². The van der Waals surface area contributed by atoms with Gasteiger partial charge in [0.25, 0.3) is 5.91 Å². The van der Waals surface area contributed by atoms with E-state index in [1.807, 2.05) is 47.4 Å². The summed E-state index contributed by atoms with van der Waals surface area (Å²) in [6, 6.07) is 30.9. The highest BCUT2D eigenvalue weighted by Gasteiger charge is 2.31. The SMILES string of the molecule is O=C1c2ccc(N3CCCCC3)cc2CN1c1ccc2c(c1)NC(c1ccc(OCc3ccccc3)cc1)N2. The number of hydrogen-bond acceptors (Lipinski definition) is 5. The van der Waals surface area contributed by atoms with Crippen molar-refractivity contribution in [2.75, 3.05) is 33.5 Å². The number of nitrogens with one attached hydrogen (secondary N) is 2. The van der Waals surface area contributed by atoms with Crippen molar-refractivity contribution in [3.05, 3.63) is 113 Å². The van der Waals surface area contributed by atoms with Crippen LogP contribution < -0.4 is 25.2 Å². The molecule has 0 aromatic heterocycles. The van der Waals surface area contributed by atoms with Crippen molar-refractivity contribution in [2.45, 2.75) is 38.6 Å². The zero-order valence-electron chi connectivity index (χ0n) is 21.9. The van der Waals surface area contributed by atoms with Crippen LogP contribution in [-0.2, 0) is 13.2 Å². The highest BCUT2D eigenvalue weighted by Crippen LogP contribution is 2.40. The fourth-order valence-electron chi connectivity index (χ4n) is 5.82. The summed E-state index contributed by atoms with van der Waals surface area (Å²) in [5, 5.41) is 7.14. The molecule has 0 bridgehead atoms. The smallest absolute Gasteiger partial charge is 0.258 e.